The molecular formula is C18H14N2O. The molecule has 4 aromatic rings. The van der Waals surface area contributed by atoms with Crippen LogP contribution in [0.5, 0.6) is 5.75 Å². The van der Waals surface area contributed by atoms with Crippen molar-refractivity contribution in [1.29, 1.82) is 0 Å². The molecule has 0 saturated carbocycles. The predicted molar refractivity (Wildman–Crippen MR) is 87.3 cm³/mol. The van der Waals surface area contributed by atoms with Crippen molar-refractivity contribution in [3.63, 3.8) is 0 Å². The monoisotopic (exact) mass is 274 g/mol. The number of benzene rings is 3. The summed E-state index contributed by atoms with van der Waals surface area (Å²) in [7, 11) is 0. The highest BCUT2D eigenvalue weighted by Crippen LogP contribution is 2.35. The van der Waals surface area contributed by atoms with Crippen molar-refractivity contribution < 1.29 is 5.11 Å². The van der Waals surface area contributed by atoms with E-state index in [2.05, 4.69) is 17.1 Å². The molecule has 1 aromatic heterocycles. The second-order valence-corrected chi connectivity index (χ2v) is 5.21. The van der Waals surface area contributed by atoms with Gasteiger partial charge in [-0.05, 0) is 35.9 Å². The number of aromatic amines is 1. The molecule has 0 fully saturated rings. The van der Waals surface area contributed by atoms with Crippen LogP contribution in [0.3, 0.4) is 0 Å². The summed E-state index contributed by atoms with van der Waals surface area (Å²) in [6, 6.07) is 19.3. The van der Waals surface area contributed by atoms with Crippen molar-refractivity contribution >= 4 is 27.5 Å². The third kappa shape index (κ3) is 1.82. The Bertz CT molecular complexity index is 952. The van der Waals surface area contributed by atoms with E-state index in [1.807, 2.05) is 36.4 Å². The molecule has 0 atom stereocenters. The first-order valence-corrected chi connectivity index (χ1v) is 6.82. The lowest BCUT2D eigenvalue weighted by atomic mass is 10.0. The second kappa shape index (κ2) is 4.28. The van der Waals surface area contributed by atoms with E-state index in [0.717, 1.165) is 33.2 Å². The molecule has 0 spiro atoms. The molecule has 0 aliphatic carbocycles. The van der Waals surface area contributed by atoms with Gasteiger partial charge in [0.15, 0.2) is 0 Å². The zero-order valence-corrected chi connectivity index (χ0v) is 11.3. The van der Waals surface area contributed by atoms with Gasteiger partial charge in [0.2, 0.25) is 0 Å². The van der Waals surface area contributed by atoms with Crippen molar-refractivity contribution in [2.24, 2.45) is 0 Å². The standard InChI is InChI=1S/C18H14N2O/c19-12-9-15(11-5-7-13(21)8-6-11)18-16(10-12)14-3-1-2-4-17(14)20-18/h1-10,20-21H,19H2. The molecule has 0 aliphatic heterocycles. The first kappa shape index (κ1) is 11.9. The smallest absolute Gasteiger partial charge is 0.115 e. The quantitative estimate of drug-likeness (QED) is 0.454. The number of H-pyrrole nitrogens is 1. The number of hydrogen-bond acceptors (Lipinski definition) is 2. The molecular weight excluding hydrogens is 260 g/mol. The number of aromatic hydroxyl groups is 1. The molecule has 0 unspecified atom stereocenters. The Hall–Kier alpha value is -2.94. The molecule has 4 N–H and O–H groups in total. The Morgan fingerprint density at radius 1 is 0.857 bits per heavy atom. The van der Waals surface area contributed by atoms with Crippen LogP contribution in [-0.2, 0) is 0 Å². The van der Waals surface area contributed by atoms with Gasteiger partial charge >= 0.3 is 0 Å². The SMILES string of the molecule is Nc1cc(-c2ccc(O)cc2)c2[nH]c3ccccc3c2c1. The highest BCUT2D eigenvalue weighted by molar-refractivity contribution is 6.13. The van der Waals surface area contributed by atoms with Crippen LogP contribution in [-0.4, -0.2) is 10.1 Å². The van der Waals surface area contributed by atoms with Gasteiger partial charge in [0.05, 0.1) is 5.52 Å². The van der Waals surface area contributed by atoms with Crippen LogP contribution in [0, 0.1) is 0 Å². The number of anilines is 1. The fraction of sp³-hybridized carbons (Fsp3) is 0. The fourth-order valence-electron chi connectivity index (χ4n) is 2.84. The van der Waals surface area contributed by atoms with Crippen LogP contribution in [0.2, 0.25) is 0 Å². The number of rotatable bonds is 1. The number of phenolic OH excluding ortho intramolecular Hbond substituents is 1. The average molecular weight is 274 g/mol. The highest BCUT2D eigenvalue weighted by Gasteiger charge is 2.10. The average Bonchev–Trinajstić information content (AvgIpc) is 2.86. The lowest BCUT2D eigenvalue weighted by Gasteiger charge is -2.06. The maximum atomic E-state index is 9.45. The van der Waals surface area contributed by atoms with E-state index < -0.39 is 0 Å². The van der Waals surface area contributed by atoms with Crippen molar-refractivity contribution in [2.45, 2.75) is 0 Å². The summed E-state index contributed by atoms with van der Waals surface area (Å²) in [6.07, 6.45) is 0. The molecule has 102 valence electrons. The summed E-state index contributed by atoms with van der Waals surface area (Å²) < 4.78 is 0. The van der Waals surface area contributed by atoms with E-state index >= 15 is 0 Å². The van der Waals surface area contributed by atoms with Crippen molar-refractivity contribution in [2.75, 3.05) is 5.73 Å². The lowest BCUT2D eigenvalue weighted by Crippen LogP contribution is -1.87. The maximum absolute atomic E-state index is 9.45. The first-order chi connectivity index (χ1) is 10.2. The number of hydrogen-bond donors (Lipinski definition) is 3. The maximum Gasteiger partial charge on any atom is 0.115 e. The number of phenols is 1. The summed E-state index contributed by atoms with van der Waals surface area (Å²) in [5.74, 6) is 0.260. The summed E-state index contributed by atoms with van der Waals surface area (Å²) >= 11 is 0. The topological polar surface area (TPSA) is 62.0 Å². The van der Waals surface area contributed by atoms with Gasteiger partial charge in [0, 0.05) is 27.5 Å². The number of nitrogens with two attached hydrogens (primary N) is 1. The van der Waals surface area contributed by atoms with Crippen LogP contribution in [0.4, 0.5) is 5.69 Å². The van der Waals surface area contributed by atoms with E-state index in [-0.39, 0.29) is 5.75 Å². The minimum atomic E-state index is 0.260. The Kier molecular flexibility index (Phi) is 2.42. The van der Waals surface area contributed by atoms with Gasteiger partial charge in [-0.2, -0.15) is 0 Å². The number of nitrogens with one attached hydrogen (secondary N) is 1. The van der Waals surface area contributed by atoms with E-state index in [9.17, 15) is 5.11 Å². The second-order valence-electron chi connectivity index (χ2n) is 5.21. The van der Waals surface area contributed by atoms with Gasteiger partial charge in [-0.25, -0.2) is 0 Å². The summed E-state index contributed by atoms with van der Waals surface area (Å²) in [6.45, 7) is 0. The molecule has 0 radical (unpaired) electrons. The minimum Gasteiger partial charge on any atom is -0.508 e. The summed E-state index contributed by atoms with van der Waals surface area (Å²) in [5.41, 5.74) is 11.0. The first-order valence-electron chi connectivity index (χ1n) is 6.82. The highest BCUT2D eigenvalue weighted by atomic mass is 16.3. The van der Waals surface area contributed by atoms with E-state index in [0.29, 0.717) is 0 Å². The van der Waals surface area contributed by atoms with Gasteiger partial charge in [-0.3, -0.25) is 0 Å². The molecule has 3 aromatic carbocycles. The molecule has 3 heteroatoms. The molecule has 1 heterocycles. The molecule has 0 bridgehead atoms. The normalized spacial score (nSPS) is 11.2. The van der Waals surface area contributed by atoms with Crippen LogP contribution in [0.1, 0.15) is 0 Å². The van der Waals surface area contributed by atoms with Crippen molar-refractivity contribution in [3.8, 4) is 16.9 Å². The lowest BCUT2D eigenvalue weighted by molar-refractivity contribution is 0.475. The number of para-hydroxylation sites is 1. The number of fused-ring (bicyclic) bond motifs is 3. The summed E-state index contributed by atoms with van der Waals surface area (Å²) in [5, 5.41) is 11.7. The van der Waals surface area contributed by atoms with Gasteiger partial charge in [-0.1, -0.05) is 30.3 Å². The zero-order valence-electron chi connectivity index (χ0n) is 11.3. The van der Waals surface area contributed by atoms with Crippen molar-refractivity contribution in [3.05, 3.63) is 60.7 Å². The van der Waals surface area contributed by atoms with Crippen molar-refractivity contribution in [1.82, 2.24) is 4.98 Å². The minimum absolute atomic E-state index is 0.260. The molecule has 4 rings (SSSR count). The Labute approximate surface area is 121 Å². The van der Waals surface area contributed by atoms with E-state index in [1.165, 1.54) is 5.39 Å². The fourth-order valence-corrected chi connectivity index (χ4v) is 2.84. The largest absolute Gasteiger partial charge is 0.508 e. The van der Waals surface area contributed by atoms with Crippen LogP contribution < -0.4 is 5.73 Å². The Balaban J connectivity index is 2.10. The third-order valence-corrected chi connectivity index (χ3v) is 3.82. The Morgan fingerprint density at radius 2 is 1.62 bits per heavy atom. The van der Waals surface area contributed by atoms with Crippen LogP contribution in [0.25, 0.3) is 32.9 Å². The van der Waals surface area contributed by atoms with Gasteiger partial charge in [0.1, 0.15) is 5.75 Å². The van der Waals surface area contributed by atoms with E-state index in [4.69, 9.17) is 5.73 Å². The molecule has 21 heavy (non-hydrogen) atoms. The van der Waals surface area contributed by atoms with Gasteiger partial charge in [-0.15, -0.1) is 0 Å². The third-order valence-electron chi connectivity index (χ3n) is 3.82. The zero-order chi connectivity index (χ0) is 14.4. The number of nitrogen functional groups attached to an aromatic ring is 1. The Morgan fingerprint density at radius 3 is 2.43 bits per heavy atom. The van der Waals surface area contributed by atoms with Gasteiger partial charge < -0.3 is 15.8 Å². The van der Waals surface area contributed by atoms with Crippen LogP contribution in [0.15, 0.2) is 60.7 Å². The molecule has 3 nitrogen and oxygen atoms in total. The van der Waals surface area contributed by atoms with E-state index in [1.54, 1.807) is 12.1 Å². The number of aromatic nitrogens is 1. The van der Waals surface area contributed by atoms with Gasteiger partial charge in [0.25, 0.3) is 0 Å². The molecule has 0 aliphatic rings. The molecule has 0 amide bonds. The molecule has 0 saturated heterocycles. The predicted octanol–water partition coefficient (Wildman–Crippen LogP) is 4.28. The summed E-state index contributed by atoms with van der Waals surface area (Å²) in [4.78, 5) is 3.47. The van der Waals surface area contributed by atoms with Crippen LogP contribution >= 0.6 is 0 Å².